The summed E-state index contributed by atoms with van der Waals surface area (Å²) < 4.78 is 7.33. The van der Waals surface area contributed by atoms with Crippen molar-refractivity contribution >= 4 is 37.6 Å². The van der Waals surface area contributed by atoms with Gasteiger partial charge >= 0.3 is 0 Å². The van der Waals surface area contributed by atoms with Crippen LogP contribution in [0.2, 0.25) is 0 Å². The van der Waals surface area contributed by atoms with Crippen LogP contribution in [0, 0.1) is 5.92 Å². The summed E-state index contributed by atoms with van der Waals surface area (Å²) in [4.78, 5) is 11.9. The van der Waals surface area contributed by atoms with Crippen molar-refractivity contribution in [1.82, 2.24) is 0 Å². The molecule has 0 heterocycles. The van der Waals surface area contributed by atoms with Crippen molar-refractivity contribution in [3.63, 3.8) is 0 Å². The highest BCUT2D eigenvalue weighted by molar-refractivity contribution is 9.11. The predicted octanol–water partition coefficient (Wildman–Crippen LogP) is 4.35. The van der Waals surface area contributed by atoms with E-state index in [2.05, 4.69) is 31.9 Å². The summed E-state index contributed by atoms with van der Waals surface area (Å²) in [5, 5.41) is 0. The number of carbonyl (C=O) groups is 1. The monoisotopic (exact) mass is 360 g/mol. The van der Waals surface area contributed by atoms with Crippen LogP contribution in [-0.2, 0) is 4.79 Å². The van der Waals surface area contributed by atoms with Gasteiger partial charge in [0.2, 0.25) is 0 Å². The van der Waals surface area contributed by atoms with Gasteiger partial charge in [-0.3, -0.25) is 4.79 Å². The van der Waals surface area contributed by atoms with Crippen molar-refractivity contribution in [3.8, 4) is 5.75 Å². The van der Waals surface area contributed by atoms with Crippen LogP contribution in [0.25, 0.3) is 0 Å². The van der Waals surface area contributed by atoms with Crippen LogP contribution < -0.4 is 4.74 Å². The van der Waals surface area contributed by atoms with Crippen molar-refractivity contribution in [2.75, 3.05) is 6.61 Å². The van der Waals surface area contributed by atoms with E-state index in [1.807, 2.05) is 18.2 Å². The molecule has 0 spiro atoms. The molecule has 0 radical (unpaired) electrons. The topological polar surface area (TPSA) is 26.3 Å². The summed E-state index contributed by atoms with van der Waals surface area (Å²) in [5.41, 5.74) is 0. The Kier molecular flexibility index (Phi) is 4.62. The molecule has 1 aliphatic rings. The van der Waals surface area contributed by atoms with Gasteiger partial charge in [0, 0.05) is 5.92 Å². The number of ketones is 1. The van der Waals surface area contributed by atoms with E-state index in [1.54, 1.807) is 0 Å². The molecular formula is C13H14Br2O2. The molecule has 0 bridgehead atoms. The number of rotatable bonds is 4. The minimum atomic E-state index is 0.172. The summed E-state index contributed by atoms with van der Waals surface area (Å²) in [6, 6.07) is 5.72. The third kappa shape index (κ3) is 3.32. The Balaban J connectivity index is 1.95. The zero-order valence-electron chi connectivity index (χ0n) is 9.42. The summed E-state index contributed by atoms with van der Waals surface area (Å²) in [5.74, 6) is 1.15. The van der Waals surface area contributed by atoms with Gasteiger partial charge in [0.1, 0.15) is 12.4 Å². The number of hydrogen-bond donors (Lipinski definition) is 0. The normalized spacial score (nSPS) is 16.1. The van der Waals surface area contributed by atoms with Crippen LogP contribution in [0.5, 0.6) is 5.75 Å². The molecule has 1 aliphatic carbocycles. The van der Waals surface area contributed by atoms with Crippen LogP contribution in [-0.4, -0.2) is 12.4 Å². The molecule has 0 unspecified atom stereocenters. The molecule has 0 aliphatic heterocycles. The Morgan fingerprint density at radius 2 is 1.82 bits per heavy atom. The second-order valence-corrected chi connectivity index (χ2v) is 6.00. The molecule has 0 atom stereocenters. The van der Waals surface area contributed by atoms with Gasteiger partial charge in [0.15, 0.2) is 5.78 Å². The highest BCUT2D eigenvalue weighted by Crippen LogP contribution is 2.33. The van der Waals surface area contributed by atoms with Crippen molar-refractivity contribution in [2.24, 2.45) is 5.92 Å². The molecule has 0 saturated heterocycles. The molecule has 0 aromatic heterocycles. The first-order valence-corrected chi connectivity index (χ1v) is 7.36. The standard InChI is InChI=1S/C13H14Br2O2/c14-10-6-3-7-11(15)13(10)17-8-12(16)9-4-1-2-5-9/h3,6-7,9H,1-2,4-5,8H2. The van der Waals surface area contributed by atoms with Crippen molar-refractivity contribution in [2.45, 2.75) is 25.7 Å². The first kappa shape index (κ1) is 13.1. The number of benzene rings is 1. The van der Waals surface area contributed by atoms with Gasteiger partial charge in [-0.05, 0) is 56.8 Å². The van der Waals surface area contributed by atoms with E-state index >= 15 is 0 Å². The van der Waals surface area contributed by atoms with E-state index in [9.17, 15) is 4.79 Å². The van der Waals surface area contributed by atoms with Crippen molar-refractivity contribution < 1.29 is 9.53 Å². The average molecular weight is 362 g/mol. The smallest absolute Gasteiger partial charge is 0.173 e. The number of halogens is 2. The van der Waals surface area contributed by atoms with Gasteiger partial charge in [-0.15, -0.1) is 0 Å². The van der Waals surface area contributed by atoms with Crippen molar-refractivity contribution in [1.29, 1.82) is 0 Å². The molecule has 1 saturated carbocycles. The predicted molar refractivity (Wildman–Crippen MR) is 74.3 cm³/mol. The number of ether oxygens (including phenoxy) is 1. The van der Waals surface area contributed by atoms with E-state index in [1.165, 1.54) is 12.8 Å². The molecule has 1 aromatic rings. The largest absolute Gasteiger partial charge is 0.483 e. The molecule has 2 rings (SSSR count). The SMILES string of the molecule is O=C(COc1c(Br)cccc1Br)C1CCCC1. The third-order valence-electron chi connectivity index (χ3n) is 3.09. The van der Waals surface area contributed by atoms with Crippen LogP contribution >= 0.6 is 31.9 Å². The molecule has 0 N–H and O–H groups in total. The highest BCUT2D eigenvalue weighted by Gasteiger charge is 2.23. The average Bonchev–Trinajstić information content (AvgIpc) is 2.81. The van der Waals surface area contributed by atoms with Crippen LogP contribution in [0.3, 0.4) is 0 Å². The van der Waals surface area contributed by atoms with Crippen LogP contribution in [0.4, 0.5) is 0 Å². The lowest BCUT2D eigenvalue weighted by Gasteiger charge is -2.12. The third-order valence-corrected chi connectivity index (χ3v) is 4.34. The van der Waals surface area contributed by atoms with E-state index in [0.29, 0.717) is 5.75 Å². The zero-order chi connectivity index (χ0) is 12.3. The Labute approximate surface area is 118 Å². The Morgan fingerprint density at radius 1 is 1.24 bits per heavy atom. The van der Waals surface area contributed by atoms with Gasteiger partial charge in [-0.2, -0.15) is 0 Å². The molecule has 1 aromatic carbocycles. The Bertz CT molecular complexity index is 392. The molecule has 4 heteroatoms. The molecule has 17 heavy (non-hydrogen) atoms. The second-order valence-electron chi connectivity index (χ2n) is 4.29. The van der Waals surface area contributed by atoms with Gasteiger partial charge in [0.05, 0.1) is 8.95 Å². The van der Waals surface area contributed by atoms with Crippen LogP contribution in [0.15, 0.2) is 27.1 Å². The first-order chi connectivity index (χ1) is 8.18. The maximum absolute atomic E-state index is 11.9. The van der Waals surface area contributed by atoms with E-state index in [-0.39, 0.29) is 18.3 Å². The summed E-state index contributed by atoms with van der Waals surface area (Å²) in [6.07, 6.45) is 4.41. The highest BCUT2D eigenvalue weighted by atomic mass is 79.9. The zero-order valence-corrected chi connectivity index (χ0v) is 12.6. The quantitative estimate of drug-likeness (QED) is 0.796. The summed E-state index contributed by atoms with van der Waals surface area (Å²) >= 11 is 6.83. The second kappa shape index (κ2) is 6.01. The maximum Gasteiger partial charge on any atom is 0.173 e. The lowest BCUT2D eigenvalue weighted by Crippen LogP contribution is -2.19. The fourth-order valence-electron chi connectivity index (χ4n) is 2.13. The van der Waals surface area contributed by atoms with Gasteiger partial charge in [0.25, 0.3) is 0 Å². The fourth-order valence-corrected chi connectivity index (χ4v) is 3.36. The Morgan fingerprint density at radius 3 is 2.41 bits per heavy atom. The number of para-hydroxylation sites is 1. The Hall–Kier alpha value is -0.350. The van der Waals surface area contributed by atoms with Gasteiger partial charge in [-0.1, -0.05) is 18.9 Å². The molecule has 2 nitrogen and oxygen atoms in total. The molecule has 0 amide bonds. The number of hydrogen-bond acceptors (Lipinski definition) is 2. The van der Waals surface area contributed by atoms with E-state index < -0.39 is 0 Å². The molecule has 92 valence electrons. The lowest BCUT2D eigenvalue weighted by molar-refractivity contribution is -0.124. The van der Waals surface area contributed by atoms with Crippen LogP contribution in [0.1, 0.15) is 25.7 Å². The minimum Gasteiger partial charge on any atom is -0.483 e. The summed E-state index contributed by atoms with van der Waals surface area (Å²) in [6.45, 7) is 0.172. The summed E-state index contributed by atoms with van der Waals surface area (Å²) in [7, 11) is 0. The lowest BCUT2D eigenvalue weighted by atomic mass is 10.0. The number of Topliss-reactive ketones (excluding diaryl/α,β-unsaturated/α-hetero) is 1. The molecule has 1 fully saturated rings. The van der Waals surface area contributed by atoms with Gasteiger partial charge < -0.3 is 4.74 Å². The first-order valence-electron chi connectivity index (χ1n) is 5.78. The fraction of sp³-hybridized carbons (Fsp3) is 0.462. The van der Waals surface area contributed by atoms with E-state index in [4.69, 9.17) is 4.74 Å². The number of carbonyl (C=O) groups excluding carboxylic acids is 1. The maximum atomic E-state index is 11.9. The van der Waals surface area contributed by atoms with E-state index in [0.717, 1.165) is 21.8 Å². The minimum absolute atomic E-state index is 0.172. The van der Waals surface area contributed by atoms with Gasteiger partial charge in [-0.25, -0.2) is 0 Å². The van der Waals surface area contributed by atoms with Crippen molar-refractivity contribution in [3.05, 3.63) is 27.1 Å². The molecular weight excluding hydrogens is 348 g/mol.